The number of aromatic nitrogens is 1. The molecule has 0 saturated heterocycles. The van der Waals surface area contributed by atoms with Crippen molar-refractivity contribution in [1.82, 2.24) is 5.16 Å². The highest BCUT2D eigenvalue weighted by Gasteiger charge is 2.03. The van der Waals surface area contributed by atoms with Gasteiger partial charge in [-0.25, -0.2) is 0 Å². The average Bonchev–Trinajstić information content (AvgIpc) is 2.65. The van der Waals surface area contributed by atoms with Crippen LogP contribution >= 0.6 is 0 Å². The number of fused-ring (bicyclic) bond motifs is 3. The molecular weight excluding hydrogens is 174 g/mol. The van der Waals surface area contributed by atoms with Crippen LogP contribution in [0.3, 0.4) is 0 Å². The highest BCUT2D eigenvalue weighted by atomic mass is 16.5. The molecule has 0 N–H and O–H groups in total. The van der Waals surface area contributed by atoms with Crippen molar-refractivity contribution in [3.63, 3.8) is 0 Å². The summed E-state index contributed by atoms with van der Waals surface area (Å²) in [5.41, 5.74) is 2.12. The summed E-state index contributed by atoms with van der Waals surface area (Å²) in [7, 11) is 0. The molecule has 1 aromatic heterocycles. The van der Waals surface area contributed by atoms with Crippen LogP contribution in [-0.2, 0) is 0 Å². The maximum Gasteiger partial charge on any atom is 0.167 e. The van der Waals surface area contributed by atoms with E-state index in [4.69, 9.17) is 4.52 Å². The zero-order valence-electron chi connectivity index (χ0n) is 7.82. The van der Waals surface area contributed by atoms with Crippen LogP contribution in [0, 0.1) is 6.92 Å². The minimum atomic E-state index is 0.848. The van der Waals surface area contributed by atoms with E-state index in [-0.39, 0.29) is 0 Å². The fourth-order valence-electron chi connectivity index (χ4n) is 1.80. The molecule has 0 saturated carbocycles. The number of rotatable bonds is 0. The molecule has 0 fully saturated rings. The predicted octanol–water partition coefficient (Wildman–Crippen LogP) is 3.29. The minimum absolute atomic E-state index is 0.848. The van der Waals surface area contributed by atoms with Gasteiger partial charge in [0.2, 0.25) is 0 Å². The monoisotopic (exact) mass is 183 g/mol. The smallest absolute Gasteiger partial charge is 0.167 e. The molecule has 0 radical (unpaired) electrons. The lowest BCUT2D eigenvalue weighted by Gasteiger charge is -1.99. The Labute approximate surface area is 81.1 Å². The quantitative estimate of drug-likeness (QED) is 0.534. The van der Waals surface area contributed by atoms with E-state index in [0.29, 0.717) is 0 Å². The van der Waals surface area contributed by atoms with Gasteiger partial charge in [0.15, 0.2) is 5.58 Å². The van der Waals surface area contributed by atoms with Crippen molar-refractivity contribution in [2.75, 3.05) is 0 Å². The zero-order chi connectivity index (χ0) is 9.54. The Kier molecular flexibility index (Phi) is 1.39. The Morgan fingerprint density at radius 2 is 2.00 bits per heavy atom. The molecule has 2 heteroatoms. The van der Waals surface area contributed by atoms with Crippen molar-refractivity contribution in [3.05, 3.63) is 42.1 Å². The second-order valence-electron chi connectivity index (χ2n) is 3.53. The van der Waals surface area contributed by atoms with Gasteiger partial charge in [0.1, 0.15) is 0 Å². The van der Waals surface area contributed by atoms with Crippen LogP contribution in [0.25, 0.3) is 21.7 Å². The lowest BCUT2D eigenvalue weighted by atomic mass is 10.1. The number of aryl methyl sites for hydroxylation is 1. The van der Waals surface area contributed by atoms with Crippen LogP contribution in [0.1, 0.15) is 5.56 Å². The van der Waals surface area contributed by atoms with Gasteiger partial charge in [-0.2, -0.15) is 0 Å². The highest BCUT2D eigenvalue weighted by molar-refractivity contribution is 6.05. The predicted molar refractivity (Wildman–Crippen MR) is 56.3 cm³/mol. The molecule has 0 aliphatic rings. The fraction of sp³-hybridized carbons (Fsp3) is 0.0833. The Morgan fingerprint density at radius 3 is 2.93 bits per heavy atom. The number of benzene rings is 2. The molecule has 0 aliphatic heterocycles. The van der Waals surface area contributed by atoms with Crippen molar-refractivity contribution < 1.29 is 4.52 Å². The normalized spacial score (nSPS) is 11.2. The summed E-state index contributed by atoms with van der Waals surface area (Å²) < 4.78 is 5.11. The lowest BCUT2D eigenvalue weighted by Crippen LogP contribution is -1.75. The Balaban J connectivity index is 2.57. The first kappa shape index (κ1) is 7.56. The highest BCUT2D eigenvalue weighted by Crippen LogP contribution is 2.25. The molecule has 1 heterocycles. The standard InChI is InChI=1S/C12H9NO/c1-8-2-4-10-9(6-8)3-5-12-11(10)7-13-14-12/h2-7H,1H3. The molecule has 2 aromatic carbocycles. The van der Waals surface area contributed by atoms with Crippen LogP contribution < -0.4 is 0 Å². The van der Waals surface area contributed by atoms with Gasteiger partial charge in [0.05, 0.1) is 6.20 Å². The van der Waals surface area contributed by atoms with E-state index < -0.39 is 0 Å². The first-order chi connectivity index (χ1) is 6.84. The summed E-state index contributed by atoms with van der Waals surface area (Å²) in [6.07, 6.45) is 1.77. The summed E-state index contributed by atoms with van der Waals surface area (Å²) in [5.74, 6) is 0. The van der Waals surface area contributed by atoms with Crippen LogP contribution in [0.15, 0.2) is 41.1 Å². The largest absolute Gasteiger partial charge is 0.356 e. The van der Waals surface area contributed by atoms with Crippen LogP contribution in [0.4, 0.5) is 0 Å². The van der Waals surface area contributed by atoms with Gasteiger partial charge in [0, 0.05) is 5.39 Å². The van der Waals surface area contributed by atoms with Gasteiger partial charge in [-0.05, 0) is 23.8 Å². The van der Waals surface area contributed by atoms with Crippen molar-refractivity contribution in [1.29, 1.82) is 0 Å². The first-order valence-corrected chi connectivity index (χ1v) is 4.58. The molecule has 3 rings (SSSR count). The van der Waals surface area contributed by atoms with Crippen LogP contribution in [0.2, 0.25) is 0 Å². The molecule has 14 heavy (non-hydrogen) atoms. The van der Waals surface area contributed by atoms with Crippen molar-refractivity contribution >= 4 is 21.7 Å². The zero-order valence-corrected chi connectivity index (χ0v) is 7.82. The molecule has 0 amide bonds. The Morgan fingerprint density at radius 1 is 1.07 bits per heavy atom. The number of hydrogen-bond acceptors (Lipinski definition) is 2. The third kappa shape index (κ3) is 0.940. The van der Waals surface area contributed by atoms with Gasteiger partial charge in [-0.15, -0.1) is 0 Å². The van der Waals surface area contributed by atoms with Gasteiger partial charge in [-0.1, -0.05) is 35.0 Å². The fourth-order valence-corrected chi connectivity index (χ4v) is 1.80. The van der Waals surface area contributed by atoms with E-state index >= 15 is 0 Å². The molecule has 0 aliphatic carbocycles. The van der Waals surface area contributed by atoms with Gasteiger partial charge in [-0.3, -0.25) is 0 Å². The van der Waals surface area contributed by atoms with E-state index in [1.165, 1.54) is 16.3 Å². The molecule has 3 aromatic rings. The molecule has 2 nitrogen and oxygen atoms in total. The number of nitrogens with zero attached hydrogens (tertiary/aromatic N) is 1. The second-order valence-corrected chi connectivity index (χ2v) is 3.53. The van der Waals surface area contributed by atoms with E-state index in [9.17, 15) is 0 Å². The van der Waals surface area contributed by atoms with E-state index in [2.05, 4.69) is 36.3 Å². The summed E-state index contributed by atoms with van der Waals surface area (Å²) in [6, 6.07) is 10.4. The van der Waals surface area contributed by atoms with Gasteiger partial charge < -0.3 is 4.52 Å². The van der Waals surface area contributed by atoms with E-state index in [1.54, 1.807) is 6.20 Å². The van der Waals surface area contributed by atoms with E-state index in [0.717, 1.165) is 11.0 Å². The third-order valence-corrected chi connectivity index (χ3v) is 2.51. The van der Waals surface area contributed by atoms with Crippen molar-refractivity contribution in [2.45, 2.75) is 6.92 Å². The SMILES string of the molecule is Cc1ccc2c(ccc3oncc32)c1. The van der Waals surface area contributed by atoms with Crippen molar-refractivity contribution in [2.24, 2.45) is 0 Å². The van der Waals surface area contributed by atoms with Gasteiger partial charge in [0.25, 0.3) is 0 Å². The maximum atomic E-state index is 5.11. The molecular formula is C12H9NO. The summed E-state index contributed by atoms with van der Waals surface area (Å²) in [4.78, 5) is 0. The summed E-state index contributed by atoms with van der Waals surface area (Å²) >= 11 is 0. The molecule has 0 spiro atoms. The van der Waals surface area contributed by atoms with Crippen LogP contribution in [0.5, 0.6) is 0 Å². The first-order valence-electron chi connectivity index (χ1n) is 4.58. The van der Waals surface area contributed by atoms with E-state index in [1.807, 2.05) is 6.07 Å². The summed E-state index contributed by atoms with van der Waals surface area (Å²) in [5, 5.41) is 7.32. The van der Waals surface area contributed by atoms with Crippen LogP contribution in [-0.4, -0.2) is 5.16 Å². The Hall–Kier alpha value is -1.83. The maximum absolute atomic E-state index is 5.11. The van der Waals surface area contributed by atoms with Crippen molar-refractivity contribution in [3.8, 4) is 0 Å². The minimum Gasteiger partial charge on any atom is -0.356 e. The molecule has 68 valence electrons. The van der Waals surface area contributed by atoms with Gasteiger partial charge >= 0.3 is 0 Å². The topological polar surface area (TPSA) is 26.0 Å². The molecule has 0 atom stereocenters. The molecule has 0 bridgehead atoms. The Bertz CT molecular complexity index is 610. The lowest BCUT2D eigenvalue weighted by molar-refractivity contribution is 0.456. The molecule has 0 unspecified atom stereocenters. The average molecular weight is 183 g/mol. The second kappa shape index (κ2) is 2.58. The number of hydrogen-bond donors (Lipinski definition) is 0. The summed E-state index contributed by atoms with van der Waals surface area (Å²) in [6.45, 7) is 2.09. The third-order valence-electron chi connectivity index (χ3n) is 2.51.